The van der Waals surface area contributed by atoms with Gasteiger partial charge in [-0.2, -0.15) is 0 Å². The standard InChI is InChI=1S/C11H15N3O2/c1-2-13(8-6-7-8)10-5-3-4-9(12)11(10)14(15)16/h3-5,8H,2,6-7,12H2,1H3. The minimum atomic E-state index is -0.393. The van der Waals surface area contributed by atoms with Crippen LogP contribution in [0.1, 0.15) is 19.8 Å². The molecule has 0 atom stereocenters. The van der Waals surface area contributed by atoms with E-state index in [9.17, 15) is 10.1 Å². The molecule has 1 fully saturated rings. The number of anilines is 2. The number of nitrogens with two attached hydrogens (primary N) is 1. The smallest absolute Gasteiger partial charge is 0.315 e. The Morgan fingerprint density at radius 3 is 2.75 bits per heavy atom. The van der Waals surface area contributed by atoms with Crippen molar-refractivity contribution in [2.75, 3.05) is 17.2 Å². The SMILES string of the molecule is CCN(c1cccc(N)c1[N+](=O)[O-])C1CC1. The Bertz CT molecular complexity index is 416. The zero-order valence-corrected chi connectivity index (χ0v) is 9.22. The molecule has 0 amide bonds. The molecule has 16 heavy (non-hydrogen) atoms. The van der Waals surface area contributed by atoms with E-state index in [1.807, 2.05) is 6.92 Å². The molecular formula is C11H15N3O2. The summed E-state index contributed by atoms with van der Waals surface area (Å²) in [7, 11) is 0. The summed E-state index contributed by atoms with van der Waals surface area (Å²) < 4.78 is 0. The molecule has 1 aromatic rings. The van der Waals surface area contributed by atoms with Crippen LogP contribution in [0.15, 0.2) is 18.2 Å². The van der Waals surface area contributed by atoms with Crippen molar-refractivity contribution in [3.8, 4) is 0 Å². The van der Waals surface area contributed by atoms with Crippen LogP contribution in [0.4, 0.5) is 17.1 Å². The first-order valence-corrected chi connectivity index (χ1v) is 5.44. The summed E-state index contributed by atoms with van der Waals surface area (Å²) >= 11 is 0. The van der Waals surface area contributed by atoms with Gasteiger partial charge in [0.2, 0.25) is 0 Å². The van der Waals surface area contributed by atoms with E-state index in [-0.39, 0.29) is 11.4 Å². The molecule has 0 spiro atoms. The van der Waals surface area contributed by atoms with Crippen LogP contribution in [0.2, 0.25) is 0 Å². The number of nitro groups is 1. The fraction of sp³-hybridized carbons (Fsp3) is 0.455. The number of rotatable bonds is 4. The molecule has 0 radical (unpaired) electrons. The molecule has 1 saturated carbocycles. The molecule has 2 rings (SSSR count). The lowest BCUT2D eigenvalue weighted by molar-refractivity contribution is -0.383. The van der Waals surface area contributed by atoms with Gasteiger partial charge in [0.25, 0.3) is 0 Å². The zero-order chi connectivity index (χ0) is 11.7. The number of benzene rings is 1. The monoisotopic (exact) mass is 221 g/mol. The molecule has 86 valence electrons. The lowest BCUT2D eigenvalue weighted by Crippen LogP contribution is -2.26. The second-order valence-electron chi connectivity index (χ2n) is 3.99. The quantitative estimate of drug-likeness (QED) is 0.480. The van der Waals surface area contributed by atoms with Crippen LogP contribution < -0.4 is 10.6 Å². The molecule has 0 aliphatic heterocycles. The fourth-order valence-electron chi connectivity index (χ4n) is 1.99. The fourth-order valence-corrected chi connectivity index (χ4v) is 1.99. The third-order valence-electron chi connectivity index (χ3n) is 2.87. The summed E-state index contributed by atoms with van der Waals surface area (Å²) in [6, 6.07) is 5.56. The van der Waals surface area contributed by atoms with Crippen LogP contribution in [-0.4, -0.2) is 17.5 Å². The number of para-hydroxylation sites is 1. The van der Waals surface area contributed by atoms with E-state index < -0.39 is 4.92 Å². The lowest BCUT2D eigenvalue weighted by Gasteiger charge is -2.22. The second-order valence-corrected chi connectivity index (χ2v) is 3.99. The molecule has 1 aliphatic rings. The van der Waals surface area contributed by atoms with Gasteiger partial charge in [0.15, 0.2) is 0 Å². The third-order valence-corrected chi connectivity index (χ3v) is 2.87. The Hall–Kier alpha value is -1.78. The molecule has 0 bridgehead atoms. The van der Waals surface area contributed by atoms with E-state index in [0.717, 1.165) is 19.4 Å². The Morgan fingerprint density at radius 2 is 2.25 bits per heavy atom. The van der Waals surface area contributed by atoms with Crippen molar-refractivity contribution in [1.29, 1.82) is 0 Å². The highest BCUT2D eigenvalue weighted by molar-refractivity contribution is 5.75. The summed E-state index contributed by atoms with van der Waals surface area (Å²) in [6.07, 6.45) is 2.22. The van der Waals surface area contributed by atoms with Crippen molar-refractivity contribution in [3.63, 3.8) is 0 Å². The number of nitro benzene ring substituents is 1. The number of hydrogen-bond acceptors (Lipinski definition) is 4. The minimum absolute atomic E-state index is 0.0382. The second kappa shape index (κ2) is 4.00. The molecule has 2 N–H and O–H groups in total. The summed E-state index contributed by atoms with van der Waals surface area (Å²) in [5, 5.41) is 11.0. The summed E-state index contributed by atoms with van der Waals surface area (Å²) in [4.78, 5) is 12.7. The van der Waals surface area contributed by atoms with E-state index in [2.05, 4.69) is 4.90 Å². The van der Waals surface area contributed by atoms with E-state index in [0.29, 0.717) is 11.7 Å². The molecule has 1 aromatic carbocycles. The van der Waals surface area contributed by atoms with Crippen LogP contribution in [0.3, 0.4) is 0 Å². The van der Waals surface area contributed by atoms with Gasteiger partial charge in [0.1, 0.15) is 11.4 Å². The predicted octanol–water partition coefficient (Wildman–Crippen LogP) is 2.17. The molecule has 0 heterocycles. The summed E-state index contributed by atoms with van der Waals surface area (Å²) in [6.45, 7) is 2.78. The van der Waals surface area contributed by atoms with E-state index in [4.69, 9.17) is 5.73 Å². The summed E-state index contributed by atoms with van der Waals surface area (Å²) in [5.74, 6) is 0. The van der Waals surface area contributed by atoms with Crippen LogP contribution in [-0.2, 0) is 0 Å². The third kappa shape index (κ3) is 1.80. The zero-order valence-electron chi connectivity index (χ0n) is 9.22. The Morgan fingerprint density at radius 1 is 1.56 bits per heavy atom. The van der Waals surface area contributed by atoms with Gasteiger partial charge < -0.3 is 10.6 Å². The molecule has 5 heteroatoms. The first-order valence-electron chi connectivity index (χ1n) is 5.44. The van der Waals surface area contributed by atoms with Gasteiger partial charge in [-0.25, -0.2) is 0 Å². The molecule has 0 saturated heterocycles. The van der Waals surface area contributed by atoms with Crippen molar-refractivity contribution in [3.05, 3.63) is 28.3 Å². The average molecular weight is 221 g/mol. The van der Waals surface area contributed by atoms with Gasteiger partial charge in [-0.05, 0) is 31.9 Å². The maximum atomic E-state index is 11.0. The largest absolute Gasteiger partial charge is 0.393 e. The first-order chi connectivity index (χ1) is 7.65. The highest BCUT2D eigenvalue weighted by Crippen LogP contribution is 2.39. The topological polar surface area (TPSA) is 72.4 Å². The highest BCUT2D eigenvalue weighted by Gasteiger charge is 2.32. The van der Waals surface area contributed by atoms with Crippen molar-refractivity contribution in [2.24, 2.45) is 0 Å². The van der Waals surface area contributed by atoms with Crippen molar-refractivity contribution in [1.82, 2.24) is 0 Å². The van der Waals surface area contributed by atoms with E-state index in [1.54, 1.807) is 18.2 Å². The molecular weight excluding hydrogens is 206 g/mol. The van der Waals surface area contributed by atoms with Gasteiger partial charge in [-0.3, -0.25) is 10.1 Å². The van der Waals surface area contributed by atoms with Gasteiger partial charge >= 0.3 is 5.69 Å². The van der Waals surface area contributed by atoms with Gasteiger partial charge in [0.05, 0.1) is 4.92 Å². The Labute approximate surface area is 94.0 Å². The highest BCUT2D eigenvalue weighted by atomic mass is 16.6. The van der Waals surface area contributed by atoms with Gasteiger partial charge in [0, 0.05) is 12.6 Å². The summed E-state index contributed by atoms with van der Waals surface area (Å²) in [5.41, 5.74) is 6.59. The lowest BCUT2D eigenvalue weighted by atomic mass is 10.2. The molecule has 5 nitrogen and oxygen atoms in total. The normalized spacial score (nSPS) is 14.8. The average Bonchev–Trinajstić information content (AvgIpc) is 3.02. The van der Waals surface area contributed by atoms with Gasteiger partial charge in [-0.1, -0.05) is 6.07 Å². The Balaban J connectivity index is 2.45. The van der Waals surface area contributed by atoms with Crippen LogP contribution >= 0.6 is 0 Å². The minimum Gasteiger partial charge on any atom is -0.393 e. The van der Waals surface area contributed by atoms with E-state index >= 15 is 0 Å². The molecule has 0 unspecified atom stereocenters. The van der Waals surface area contributed by atoms with Gasteiger partial charge in [-0.15, -0.1) is 0 Å². The van der Waals surface area contributed by atoms with Crippen molar-refractivity contribution < 1.29 is 4.92 Å². The van der Waals surface area contributed by atoms with Crippen LogP contribution in [0.5, 0.6) is 0 Å². The molecule has 1 aliphatic carbocycles. The number of nitrogen functional groups attached to an aromatic ring is 1. The van der Waals surface area contributed by atoms with Crippen LogP contribution in [0.25, 0.3) is 0 Å². The predicted molar refractivity (Wildman–Crippen MR) is 63.6 cm³/mol. The number of hydrogen-bond donors (Lipinski definition) is 1. The Kier molecular flexibility index (Phi) is 2.68. The maximum absolute atomic E-state index is 11.0. The van der Waals surface area contributed by atoms with E-state index in [1.165, 1.54) is 0 Å². The van der Waals surface area contributed by atoms with Crippen molar-refractivity contribution >= 4 is 17.1 Å². The number of nitrogens with zero attached hydrogens (tertiary/aromatic N) is 2. The van der Waals surface area contributed by atoms with Crippen LogP contribution in [0, 0.1) is 10.1 Å². The first kappa shape index (κ1) is 10.7. The molecule has 0 aromatic heterocycles. The maximum Gasteiger partial charge on any atom is 0.315 e. The van der Waals surface area contributed by atoms with Crippen molar-refractivity contribution in [2.45, 2.75) is 25.8 Å².